The third-order valence-corrected chi connectivity index (χ3v) is 3.27. The van der Waals surface area contributed by atoms with Gasteiger partial charge < -0.3 is 14.9 Å². The van der Waals surface area contributed by atoms with Gasteiger partial charge >= 0.3 is 0 Å². The van der Waals surface area contributed by atoms with Crippen LogP contribution in [0.1, 0.15) is 11.1 Å². The van der Waals surface area contributed by atoms with Crippen LogP contribution in [-0.4, -0.2) is 54.2 Å². The Bertz CT molecular complexity index is 415. The molecule has 1 saturated heterocycles. The van der Waals surface area contributed by atoms with E-state index in [-0.39, 0.29) is 6.61 Å². The maximum absolute atomic E-state index is 10.7. The number of hydrogen-bond acceptors (Lipinski definition) is 4. The third kappa shape index (κ3) is 2.79. The first-order chi connectivity index (χ1) is 8.74. The van der Waals surface area contributed by atoms with Crippen molar-refractivity contribution in [1.29, 1.82) is 0 Å². The van der Waals surface area contributed by atoms with Crippen LogP contribution in [0, 0.1) is 6.92 Å². The topological polar surface area (TPSA) is 56.7 Å². The van der Waals surface area contributed by atoms with Gasteiger partial charge in [-0.1, -0.05) is 6.07 Å². The average molecular weight is 249 g/mol. The first kappa shape index (κ1) is 12.8. The molecule has 0 saturated carbocycles. The Hall–Kier alpha value is -1.62. The first-order valence-electron chi connectivity index (χ1n) is 6.25. The van der Waals surface area contributed by atoms with Crippen LogP contribution < -0.4 is 4.90 Å². The number of amides is 1. The molecule has 98 valence electrons. The van der Waals surface area contributed by atoms with Crippen molar-refractivity contribution >= 4 is 12.2 Å². The summed E-state index contributed by atoms with van der Waals surface area (Å²) in [6.07, 6.45) is 3.37. The van der Waals surface area contributed by atoms with Gasteiger partial charge in [-0.05, 0) is 24.5 Å². The van der Waals surface area contributed by atoms with Crippen molar-refractivity contribution in [3.8, 4) is 0 Å². The number of aliphatic hydroxyl groups is 1. The summed E-state index contributed by atoms with van der Waals surface area (Å²) in [6, 6.07) is 2.07. The summed E-state index contributed by atoms with van der Waals surface area (Å²) in [5.74, 6) is 0.988. The molecule has 5 heteroatoms. The molecular weight excluding hydrogens is 230 g/mol. The van der Waals surface area contributed by atoms with Gasteiger partial charge in [-0.2, -0.15) is 0 Å². The molecule has 2 heterocycles. The van der Waals surface area contributed by atoms with E-state index in [9.17, 15) is 4.79 Å². The fraction of sp³-hybridized carbons (Fsp3) is 0.538. The van der Waals surface area contributed by atoms with Gasteiger partial charge in [-0.3, -0.25) is 4.79 Å². The summed E-state index contributed by atoms with van der Waals surface area (Å²) in [5, 5.41) is 8.91. The van der Waals surface area contributed by atoms with Gasteiger partial charge in [0.25, 0.3) is 0 Å². The molecule has 0 radical (unpaired) electrons. The molecule has 2 rings (SSSR count). The molecule has 0 bridgehead atoms. The number of anilines is 1. The van der Waals surface area contributed by atoms with E-state index in [0.29, 0.717) is 6.42 Å². The van der Waals surface area contributed by atoms with E-state index < -0.39 is 0 Å². The quantitative estimate of drug-likeness (QED) is 0.775. The Balaban J connectivity index is 2.07. The van der Waals surface area contributed by atoms with E-state index in [0.717, 1.165) is 49.5 Å². The highest BCUT2D eigenvalue weighted by molar-refractivity contribution is 5.51. The van der Waals surface area contributed by atoms with E-state index in [1.807, 2.05) is 13.1 Å². The predicted molar refractivity (Wildman–Crippen MR) is 69.6 cm³/mol. The summed E-state index contributed by atoms with van der Waals surface area (Å²) in [4.78, 5) is 19.1. The van der Waals surface area contributed by atoms with Crippen LogP contribution in [0.15, 0.2) is 12.3 Å². The lowest BCUT2D eigenvalue weighted by atomic mass is 10.1. The monoisotopic (exact) mass is 249 g/mol. The number of piperazine rings is 1. The van der Waals surface area contributed by atoms with E-state index in [1.54, 1.807) is 4.90 Å². The molecule has 0 aliphatic carbocycles. The molecule has 18 heavy (non-hydrogen) atoms. The second kappa shape index (κ2) is 5.82. The van der Waals surface area contributed by atoms with Gasteiger partial charge in [0.05, 0.1) is 0 Å². The van der Waals surface area contributed by atoms with Crippen LogP contribution in [0.25, 0.3) is 0 Å². The Labute approximate surface area is 107 Å². The fourth-order valence-electron chi connectivity index (χ4n) is 2.26. The summed E-state index contributed by atoms with van der Waals surface area (Å²) in [6.45, 7) is 5.34. The van der Waals surface area contributed by atoms with E-state index in [4.69, 9.17) is 5.11 Å². The number of pyridine rings is 1. The lowest BCUT2D eigenvalue weighted by Crippen LogP contribution is -2.46. The largest absolute Gasteiger partial charge is 0.396 e. The Morgan fingerprint density at radius 2 is 2.11 bits per heavy atom. The molecule has 5 nitrogen and oxygen atoms in total. The van der Waals surface area contributed by atoms with Crippen molar-refractivity contribution in [3.63, 3.8) is 0 Å². The second-order valence-electron chi connectivity index (χ2n) is 4.59. The highest BCUT2D eigenvalue weighted by Crippen LogP contribution is 2.19. The molecular formula is C13H19N3O2. The van der Waals surface area contributed by atoms with Crippen molar-refractivity contribution < 1.29 is 9.90 Å². The Kier molecular flexibility index (Phi) is 4.15. The number of carbonyl (C=O) groups is 1. The van der Waals surface area contributed by atoms with Crippen molar-refractivity contribution in [2.45, 2.75) is 13.3 Å². The molecule has 1 N–H and O–H groups in total. The van der Waals surface area contributed by atoms with Crippen molar-refractivity contribution in [1.82, 2.24) is 9.88 Å². The Morgan fingerprint density at radius 3 is 2.67 bits per heavy atom. The van der Waals surface area contributed by atoms with Crippen molar-refractivity contribution in [2.75, 3.05) is 37.7 Å². The smallest absolute Gasteiger partial charge is 0.209 e. The molecule has 1 aromatic heterocycles. The first-order valence-corrected chi connectivity index (χ1v) is 6.25. The zero-order valence-corrected chi connectivity index (χ0v) is 10.7. The van der Waals surface area contributed by atoms with Crippen LogP contribution in [0.2, 0.25) is 0 Å². The normalized spacial score (nSPS) is 15.9. The van der Waals surface area contributed by atoms with E-state index >= 15 is 0 Å². The zero-order chi connectivity index (χ0) is 13.0. The second-order valence-corrected chi connectivity index (χ2v) is 4.59. The SMILES string of the molecule is Cc1cc(CCO)cnc1N1CCN(C=O)CC1. The maximum atomic E-state index is 10.7. The predicted octanol–water partition coefficient (Wildman–Crippen LogP) is 0.203. The highest BCUT2D eigenvalue weighted by Gasteiger charge is 2.18. The minimum absolute atomic E-state index is 0.151. The minimum atomic E-state index is 0.151. The summed E-state index contributed by atoms with van der Waals surface area (Å²) < 4.78 is 0. The van der Waals surface area contributed by atoms with Crippen LogP contribution in [-0.2, 0) is 11.2 Å². The molecule has 1 amide bonds. The van der Waals surface area contributed by atoms with Crippen LogP contribution in [0.3, 0.4) is 0 Å². The molecule has 0 unspecified atom stereocenters. The average Bonchev–Trinajstić information content (AvgIpc) is 2.40. The number of carbonyl (C=O) groups excluding carboxylic acids is 1. The molecule has 0 spiro atoms. The number of hydrogen-bond donors (Lipinski definition) is 1. The van der Waals surface area contributed by atoms with Gasteiger partial charge in [-0.25, -0.2) is 4.98 Å². The molecule has 0 atom stereocenters. The highest BCUT2D eigenvalue weighted by atomic mass is 16.3. The lowest BCUT2D eigenvalue weighted by molar-refractivity contribution is -0.118. The molecule has 0 aromatic carbocycles. The standard InChI is InChI=1S/C13H19N3O2/c1-11-8-12(2-7-17)9-14-13(11)16-5-3-15(10-18)4-6-16/h8-10,17H,2-7H2,1H3. The third-order valence-electron chi connectivity index (χ3n) is 3.27. The molecule has 1 fully saturated rings. The fourth-order valence-corrected chi connectivity index (χ4v) is 2.26. The van der Waals surface area contributed by atoms with Crippen LogP contribution >= 0.6 is 0 Å². The zero-order valence-electron chi connectivity index (χ0n) is 10.7. The summed E-state index contributed by atoms with van der Waals surface area (Å²) in [5.41, 5.74) is 2.19. The molecule has 1 aromatic rings. The molecule has 1 aliphatic rings. The van der Waals surface area contributed by atoms with Gasteiger partial charge in [0, 0.05) is 39.0 Å². The lowest BCUT2D eigenvalue weighted by Gasteiger charge is -2.34. The van der Waals surface area contributed by atoms with Crippen molar-refractivity contribution in [3.05, 3.63) is 23.4 Å². The number of aryl methyl sites for hydroxylation is 1. The van der Waals surface area contributed by atoms with Crippen LogP contribution in [0.4, 0.5) is 5.82 Å². The number of rotatable bonds is 4. The number of nitrogens with zero attached hydrogens (tertiary/aromatic N) is 3. The van der Waals surface area contributed by atoms with E-state index in [2.05, 4.69) is 16.0 Å². The maximum Gasteiger partial charge on any atom is 0.209 e. The number of aliphatic hydroxyl groups excluding tert-OH is 1. The minimum Gasteiger partial charge on any atom is -0.396 e. The summed E-state index contributed by atoms with van der Waals surface area (Å²) >= 11 is 0. The van der Waals surface area contributed by atoms with Gasteiger partial charge in [0.2, 0.25) is 6.41 Å². The number of aromatic nitrogens is 1. The summed E-state index contributed by atoms with van der Waals surface area (Å²) in [7, 11) is 0. The van der Waals surface area contributed by atoms with Gasteiger partial charge in [0.15, 0.2) is 0 Å². The van der Waals surface area contributed by atoms with Crippen LogP contribution in [0.5, 0.6) is 0 Å². The van der Waals surface area contributed by atoms with Gasteiger partial charge in [-0.15, -0.1) is 0 Å². The van der Waals surface area contributed by atoms with Gasteiger partial charge in [0.1, 0.15) is 5.82 Å². The Morgan fingerprint density at radius 1 is 1.39 bits per heavy atom. The molecule has 1 aliphatic heterocycles. The van der Waals surface area contributed by atoms with E-state index in [1.165, 1.54) is 0 Å². The van der Waals surface area contributed by atoms with Crippen molar-refractivity contribution in [2.24, 2.45) is 0 Å².